The number of hydrogen-bond acceptors (Lipinski definition) is 3. The zero-order valence-electron chi connectivity index (χ0n) is 12.5. The Labute approximate surface area is 140 Å². The van der Waals surface area contributed by atoms with Gasteiger partial charge in [0.2, 0.25) is 10.0 Å². The van der Waals surface area contributed by atoms with Crippen LogP contribution in [0.4, 0.5) is 5.69 Å². The minimum absolute atomic E-state index is 0.0645. The number of nitrogens with one attached hydrogen (secondary N) is 2. The summed E-state index contributed by atoms with van der Waals surface area (Å²) in [4.78, 5) is 12.3. The fourth-order valence-electron chi connectivity index (χ4n) is 1.86. The van der Waals surface area contributed by atoms with Crippen LogP contribution in [0.25, 0.3) is 0 Å². The first kappa shape index (κ1) is 17.5. The Kier molecular flexibility index (Phi) is 5.76. The summed E-state index contributed by atoms with van der Waals surface area (Å²) in [7, 11) is -3.60. The average molecular weight is 353 g/mol. The van der Waals surface area contributed by atoms with Crippen LogP contribution in [-0.2, 0) is 10.0 Å². The molecule has 0 aliphatic carbocycles. The molecule has 0 radical (unpaired) electrons. The van der Waals surface area contributed by atoms with Crippen molar-refractivity contribution in [2.24, 2.45) is 0 Å². The molecular formula is C16H17ClN2O3S. The molecule has 0 aliphatic rings. The molecule has 2 N–H and O–H groups in total. The van der Waals surface area contributed by atoms with E-state index in [4.69, 9.17) is 11.6 Å². The van der Waals surface area contributed by atoms with Gasteiger partial charge in [-0.15, -0.1) is 0 Å². The van der Waals surface area contributed by atoms with E-state index in [1.165, 1.54) is 18.2 Å². The molecule has 0 fully saturated rings. The van der Waals surface area contributed by atoms with Crippen LogP contribution in [0, 0.1) is 0 Å². The molecule has 5 nitrogen and oxygen atoms in total. The van der Waals surface area contributed by atoms with E-state index in [9.17, 15) is 13.2 Å². The van der Waals surface area contributed by atoms with Crippen molar-refractivity contribution in [1.29, 1.82) is 0 Å². The molecule has 0 heterocycles. The van der Waals surface area contributed by atoms with Crippen molar-refractivity contribution in [1.82, 2.24) is 4.72 Å². The van der Waals surface area contributed by atoms with E-state index in [0.29, 0.717) is 23.7 Å². The van der Waals surface area contributed by atoms with Gasteiger partial charge in [-0.1, -0.05) is 24.6 Å². The van der Waals surface area contributed by atoms with Gasteiger partial charge >= 0.3 is 0 Å². The maximum absolute atomic E-state index is 12.2. The van der Waals surface area contributed by atoms with Crippen LogP contribution in [0.3, 0.4) is 0 Å². The molecule has 7 heteroatoms. The number of benzene rings is 2. The van der Waals surface area contributed by atoms with Crippen LogP contribution in [0.15, 0.2) is 53.4 Å². The van der Waals surface area contributed by atoms with Gasteiger partial charge in [-0.25, -0.2) is 13.1 Å². The Morgan fingerprint density at radius 3 is 2.48 bits per heavy atom. The summed E-state index contributed by atoms with van der Waals surface area (Å²) >= 11 is 5.79. The predicted octanol–water partition coefficient (Wildman–Crippen LogP) is 3.28. The lowest BCUT2D eigenvalue weighted by Gasteiger charge is -2.08. The molecule has 2 aromatic carbocycles. The lowest BCUT2D eigenvalue weighted by Crippen LogP contribution is -2.24. The molecule has 0 unspecified atom stereocenters. The quantitative estimate of drug-likeness (QED) is 0.837. The van der Waals surface area contributed by atoms with Crippen molar-refractivity contribution in [2.45, 2.75) is 18.2 Å². The van der Waals surface area contributed by atoms with E-state index in [-0.39, 0.29) is 16.4 Å². The van der Waals surface area contributed by atoms with E-state index in [1.807, 2.05) is 6.92 Å². The maximum atomic E-state index is 12.2. The van der Waals surface area contributed by atoms with Crippen LogP contribution in [0.2, 0.25) is 5.02 Å². The van der Waals surface area contributed by atoms with Crippen molar-refractivity contribution in [3.8, 4) is 0 Å². The summed E-state index contributed by atoms with van der Waals surface area (Å²) in [6, 6.07) is 12.6. The number of carbonyl (C=O) groups excluding carboxylic acids is 1. The van der Waals surface area contributed by atoms with Gasteiger partial charge in [0.15, 0.2) is 0 Å². The molecule has 23 heavy (non-hydrogen) atoms. The van der Waals surface area contributed by atoms with E-state index in [0.717, 1.165) is 0 Å². The van der Waals surface area contributed by atoms with E-state index in [1.54, 1.807) is 30.3 Å². The number of halogens is 1. The monoisotopic (exact) mass is 352 g/mol. The smallest absolute Gasteiger partial charge is 0.255 e. The van der Waals surface area contributed by atoms with Gasteiger partial charge in [0, 0.05) is 22.8 Å². The number of carbonyl (C=O) groups is 1. The van der Waals surface area contributed by atoms with Crippen molar-refractivity contribution in [3.05, 3.63) is 59.1 Å². The number of anilines is 1. The summed E-state index contributed by atoms with van der Waals surface area (Å²) in [6.45, 7) is 2.22. The highest BCUT2D eigenvalue weighted by Gasteiger charge is 2.15. The highest BCUT2D eigenvalue weighted by atomic mass is 35.5. The molecular weight excluding hydrogens is 336 g/mol. The molecule has 0 saturated carbocycles. The Morgan fingerprint density at radius 2 is 1.83 bits per heavy atom. The first-order chi connectivity index (χ1) is 10.9. The molecule has 0 bridgehead atoms. The second-order valence-electron chi connectivity index (χ2n) is 4.89. The first-order valence-electron chi connectivity index (χ1n) is 7.09. The number of rotatable bonds is 6. The summed E-state index contributed by atoms with van der Waals surface area (Å²) < 4.78 is 26.7. The van der Waals surface area contributed by atoms with Crippen molar-refractivity contribution in [2.75, 3.05) is 11.9 Å². The lowest BCUT2D eigenvalue weighted by molar-refractivity contribution is 0.102. The van der Waals surface area contributed by atoms with Crippen molar-refractivity contribution >= 4 is 33.2 Å². The topological polar surface area (TPSA) is 75.3 Å². The highest BCUT2D eigenvalue weighted by Crippen LogP contribution is 2.16. The van der Waals surface area contributed by atoms with E-state index in [2.05, 4.69) is 10.0 Å². The molecule has 0 aromatic heterocycles. The number of sulfonamides is 1. The molecule has 1 amide bonds. The first-order valence-corrected chi connectivity index (χ1v) is 8.95. The Balaban J connectivity index is 2.18. The molecule has 122 valence electrons. The minimum atomic E-state index is -3.60. The standard InChI is InChI=1S/C16H17ClN2O3S/c1-2-10-18-23(21,22)15-5-3-4-12(11-15)16(20)19-14-8-6-13(17)7-9-14/h3-9,11,18H,2,10H2,1H3,(H,19,20). The fraction of sp³-hybridized carbons (Fsp3) is 0.188. The summed E-state index contributed by atoms with van der Waals surface area (Å²) in [5, 5.41) is 3.26. The van der Waals surface area contributed by atoms with Gasteiger partial charge in [-0.05, 0) is 48.9 Å². The third kappa shape index (κ3) is 4.79. The summed E-state index contributed by atoms with van der Waals surface area (Å²) in [5.41, 5.74) is 0.844. The second kappa shape index (κ2) is 7.59. The summed E-state index contributed by atoms with van der Waals surface area (Å²) in [5.74, 6) is -0.389. The van der Waals surface area contributed by atoms with Crippen LogP contribution >= 0.6 is 11.6 Å². The van der Waals surface area contributed by atoms with Gasteiger partial charge in [0.1, 0.15) is 0 Å². The molecule has 0 spiro atoms. The molecule has 0 aliphatic heterocycles. The van der Waals surface area contributed by atoms with Gasteiger partial charge in [0.25, 0.3) is 5.91 Å². The minimum Gasteiger partial charge on any atom is -0.322 e. The van der Waals surface area contributed by atoms with Gasteiger partial charge < -0.3 is 5.32 Å². The third-order valence-electron chi connectivity index (χ3n) is 3.05. The van der Waals surface area contributed by atoms with Crippen LogP contribution < -0.4 is 10.0 Å². The van der Waals surface area contributed by atoms with Crippen LogP contribution in [-0.4, -0.2) is 20.9 Å². The number of amides is 1. The fourth-order valence-corrected chi connectivity index (χ4v) is 3.17. The average Bonchev–Trinajstić information content (AvgIpc) is 2.55. The van der Waals surface area contributed by atoms with Crippen LogP contribution in [0.5, 0.6) is 0 Å². The lowest BCUT2D eigenvalue weighted by atomic mass is 10.2. The summed E-state index contributed by atoms with van der Waals surface area (Å²) in [6.07, 6.45) is 0.690. The molecule has 0 atom stereocenters. The Hall–Kier alpha value is -1.89. The van der Waals surface area contributed by atoms with Gasteiger partial charge in [0.05, 0.1) is 4.90 Å². The predicted molar refractivity (Wildman–Crippen MR) is 91.3 cm³/mol. The van der Waals surface area contributed by atoms with Gasteiger partial charge in [-0.3, -0.25) is 4.79 Å². The van der Waals surface area contributed by atoms with E-state index >= 15 is 0 Å². The molecule has 0 saturated heterocycles. The molecule has 2 aromatic rings. The maximum Gasteiger partial charge on any atom is 0.255 e. The Morgan fingerprint density at radius 1 is 1.13 bits per heavy atom. The van der Waals surface area contributed by atoms with Crippen molar-refractivity contribution in [3.63, 3.8) is 0 Å². The van der Waals surface area contributed by atoms with Crippen LogP contribution in [0.1, 0.15) is 23.7 Å². The Bertz CT molecular complexity index is 789. The third-order valence-corrected chi connectivity index (χ3v) is 4.76. The largest absolute Gasteiger partial charge is 0.322 e. The van der Waals surface area contributed by atoms with E-state index < -0.39 is 10.0 Å². The normalized spacial score (nSPS) is 11.2. The van der Waals surface area contributed by atoms with Gasteiger partial charge in [-0.2, -0.15) is 0 Å². The van der Waals surface area contributed by atoms with Crippen molar-refractivity contribution < 1.29 is 13.2 Å². The SMILES string of the molecule is CCCNS(=O)(=O)c1cccc(C(=O)Nc2ccc(Cl)cc2)c1. The zero-order valence-corrected chi connectivity index (χ0v) is 14.1. The highest BCUT2D eigenvalue weighted by molar-refractivity contribution is 7.89. The second-order valence-corrected chi connectivity index (χ2v) is 7.09. The molecule has 2 rings (SSSR count). The number of hydrogen-bond donors (Lipinski definition) is 2. The zero-order chi connectivity index (χ0) is 16.9.